The molecule has 50 valence electrons. The quantitative estimate of drug-likeness (QED) is 0.588. The van der Waals surface area contributed by atoms with Crippen LogP contribution in [-0.2, 0) is 0 Å². The zero-order valence-corrected chi connectivity index (χ0v) is 5.74. The number of hydrogen-bond acceptors (Lipinski definition) is 1. The molecule has 0 aromatic heterocycles. The number of rotatable bonds is 3. The fraction of sp³-hybridized carbons (Fsp3) is 1.00. The smallest absolute Gasteiger partial charge is 0.115 e. The summed E-state index contributed by atoms with van der Waals surface area (Å²) in [5.41, 5.74) is 0. The molecule has 2 heteroatoms. The molecule has 0 aliphatic heterocycles. The van der Waals surface area contributed by atoms with E-state index in [-0.39, 0.29) is 5.92 Å². The van der Waals surface area contributed by atoms with Gasteiger partial charge in [0.05, 0.1) is 0 Å². The maximum atomic E-state index is 12.5. The third-order valence-corrected chi connectivity index (χ3v) is 1.12. The van der Waals surface area contributed by atoms with Crippen molar-refractivity contribution in [2.24, 2.45) is 5.92 Å². The Kier molecular flexibility index (Phi) is 3.79. The predicted octanol–water partition coefficient (Wildman–Crippen LogP) is 1.20. The summed E-state index contributed by atoms with van der Waals surface area (Å²) in [5.74, 6) is 0.141. The third kappa shape index (κ3) is 2.97. The van der Waals surface area contributed by atoms with E-state index in [2.05, 4.69) is 5.32 Å². The van der Waals surface area contributed by atoms with Gasteiger partial charge in [-0.1, -0.05) is 13.8 Å². The molecular formula is C6H14FN. The summed E-state index contributed by atoms with van der Waals surface area (Å²) >= 11 is 0. The van der Waals surface area contributed by atoms with Crippen molar-refractivity contribution in [3.05, 3.63) is 0 Å². The van der Waals surface area contributed by atoms with Gasteiger partial charge in [-0.2, -0.15) is 0 Å². The Hall–Kier alpha value is -0.110. The molecule has 0 aliphatic rings. The first-order valence-corrected chi connectivity index (χ1v) is 2.97. The predicted molar refractivity (Wildman–Crippen MR) is 33.7 cm³/mol. The van der Waals surface area contributed by atoms with E-state index in [0.29, 0.717) is 6.54 Å². The lowest BCUT2D eigenvalue weighted by Crippen LogP contribution is -2.24. The minimum Gasteiger partial charge on any atom is -0.317 e. The van der Waals surface area contributed by atoms with E-state index in [1.165, 1.54) is 0 Å². The molecule has 0 aliphatic carbocycles. The Bertz CT molecular complexity index is 54.5. The molecule has 0 saturated heterocycles. The van der Waals surface area contributed by atoms with E-state index in [1.807, 2.05) is 13.8 Å². The second kappa shape index (κ2) is 3.84. The second-order valence-corrected chi connectivity index (χ2v) is 2.32. The molecule has 8 heavy (non-hydrogen) atoms. The molecule has 0 fully saturated rings. The largest absolute Gasteiger partial charge is 0.317 e. The van der Waals surface area contributed by atoms with Crippen molar-refractivity contribution in [2.45, 2.75) is 20.0 Å². The Balaban J connectivity index is 3.17. The molecule has 0 spiro atoms. The minimum atomic E-state index is -0.694. The zero-order valence-electron chi connectivity index (χ0n) is 5.74. The number of hydrogen-bond donors (Lipinski definition) is 1. The van der Waals surface area contributed by atoms with Crippen molar-refractivity contribution in [1.82, 2.24) is 5.32 Å². The van der Waals surface area contributed by atoms with E-state index in [9.17, 15) is 4.39 Å². The van der Waals surface area contributed by atoms with Crippen LogP contribution in [0, 0.1) is 5.92 Å². The molecular weight excluding hydrogens is 105 g/mol. The van der Waals surface area contributed by atoms with E-state index in [4.69, 9.17) is 0 Å². The fourth-order valence-corrected chi connectivity index (χ4v) is 0.431. The van der Waals surface area contributed by atoms with Gasteiger partial charge in [0.1, 0.15) is 6.17 Å². The Morgan fingerprint density at radius 1 is 1.50 bits per heavy atom. The van der Waals surface area contributed by atoms with Gasteiger partial charge in [0.25, 0.3) is 0 Å². The molecule has 0 unspecified atom stereocenters. The molecule has 0 aromatic rings. The SMILES string of the molecule is CNC[C@@H](F)C(C)C. The summed E-state index contributed by atoms with van der Waals surface area (Å²) in [6, 6.07) is 0. The van der Waals surface area contributed by atoms with Crippen molar-refractivity contribution in [3.63, 3.8) is 0 Å². The van der Waals surface area contributed by atoms with Crippen molar-refractivity contribution in [3.8, 4) is 0 Å². The first-order valence-electron chi connectivity index (χ1n) is 2.97. The number of halogens is 1. The van der Waals surface area contributed by atoms with Crippen LogP contribution in [0.1, 0.15) is 13.8 Å². The summed E-state index contributed by atoms with van der Waals surface area (Å²) in [7, 11) is 1.76. The highest BCUT2D eigenvalue weighted by Crippen LogP contribution is 2.03. The van der Waals surface area contributed by atoms with Gasteiger partial charge in [-0.3, -0.25) is 0 Å². The molecule has 0 amide bonds. The molecule has 0 aromatic carbocycles. The normalized spacial score (nSPS) is 14.6. The summed E-state index contributed by atoms with van der Waals surface area (Å²) < 4.78 is 12.5. The molecule has 1 atom stereocenters. The van der Waals surface area contributed by atoms with Crippen LogP contribution in [-0.4, -0.2) is 19.8 Å². The van der Waals surface area contributed by atoms with Crippen LogP contribution in [0.15, 0.2) is 0 Å². The van der Waals surface area contributed by atoms with Crippen LogP contribution in [0.25, 0.3) is 0 Å². The van der Waals surface area contributed by atoms with Gasteiger partial charge in [-0.05, 0) is 13.0 Å². The van der Waals surface area contributed by atoms with Gasteiger partial charge >= 0.3 is 0 Å². The summed E-state index contributed by atoms with van der Waals surface area (Å²) in [6.07, 6.45) is -0.694. The lowest BCUT2D eigenvalue weighted by atomic mass is 10.1. The molecule has 0 rings (SSSR count). The third-order valence-electron chi connectivity index (χ3n) is 1.12. The first-order chi connectivity index (χ1) is 3.68. The average molecular weight is 119 g/mol. The van der Waals surface area contributed by atoms with Gasteiger partial charge in [0.2, 0.25) is 0 Å². The van der Waals surface area contributed by atoms with Crippen molar-refractivity contribution in [2.75, 3.05) is 13.6 Å². The summed E-state index contributed by atoms with van der Waals surface area (Å²) in [5, 5.41) is 2.77. The van der Waals surface area contributed by atoms with Crippen LogP contribution in [0.4, 0.5) is 4.39 Å². The van der Waals surface area contributed by atoms with Crippen LogP contribution in [0.2, 0.25) is 0 Å². The highest BCUT2D eigenvalue weighted by Gasteiger charge is 2.08. The van der Waals surface area contributed by atoms with E-state index in [1.54, 1.807) is 7.05 Å². The van der Waals surface area contributed by atoms with Crippen molar-refractivity contribution >= 4 is 0 Å². The molecule has 0 bridgehead atoms. The Morgan fingerprint density at radius 2 is 2.00 bits per heavy atom. The molecule has 1 N–H and O–H groups in total. The Labute approximate surface area is 50.3 Å². The molecule has 0 saturated carbocycles. The van der Waals surface area contributed by atoms with Crippen LogP contribution >= 0.6 is 0 Å². The monoisotopic (exact) mass is 119 g/mol. The second-order valence-electron chi connectivity index (χ2n) is 2.32. The number of alkyl halides is 1. The van der Waals surface area contributed by atoms with E-state index >= 15 is 0 Å². The molecule has 0 radical (unpaired) electrons. The van der Waals surface area contributed by atoms with Crippen molar-refractivity contribution in [1.29, 1.82) is 0 Å². The van der Waals surface area contributed by atoms with Gasteiger partial charge in [-0.15, -0.1) is 0 Å². The van der Waals surface area contributed by atoms with E-state index in [0.717, 1.165) is 0 Å². The van der Waals surface area contributed by atoms with Gasteiger partial charge in [0, 0.05) is 6.54 Å². The highest BCUT2D eigenvalue weighted by atomic mass is 19.1. The maximum Gasteiger partial charge on any atom is 0.115 e. The molecule has 0 heterocycles. The minimum absolute atomic E-state index is 0.141. The topological polar surface area (TPSA) is 12.0 Å². The zero-order chi connectivity index (χ0) is 6.57. The van der Waals surface area contributed by atoms with Crippen LogP contribution in [0.5, 0.6) is 0 Å². The molecule has 1 nitrogen and oxygen atoms in total. The highest BCUT2D eigenvalue weighted by molar-refractivity contribution is 4.60. The summed E-state index contributed by atoms with van der Waals surface area (Å²) in [6.45, 7) is 4.22. The standard InChI is InChI=1S/C6H14FN/c1-5(2)6(7)4-8-3/h5-6,8H,4H2,1-3H3/t6-/m1/s1. The van der Waals surface area contributed by atoms with Gasteiger partial charge in [0.15, 0.2) is 0 Å². The number of nitrogens with one attached hydrogen (secondary N) is 1. The lowest BCUT2D eigenvalue weighted by Gasteiger charge is -2.09. The average Bonchev–Trinajstić information content (AvgIpc) is 1.67. The van der Waals surface area contributed by atoms with Gasteiger partial charge < -0.3 is 5.32 Å². The maximum absolute atomic E-state index is 12.5. The first kappa shape index (κ1) is 7.89. The van der Waals surface area contributed by atoms with E-state index < -0.39 is 6.17 Å². The fourth-order valence-electron chi connectivity index (χ4n) is 0.431. The Morgan fingerprint density at radius 3 is 2.12 bits per heavy atom. The lowest BCUT2D eigenvalue weighted by molar-refractivity contribution is 0.251. The van der Waals surface area contributed by atoms with Crippen LogP contribution < -0.4 is 5.32 Å². The van der Waals surface area contributed by atoms with Crippen LogP contribution in [0.3, 0.4) is 0 Å². The van der Waals surface area contributed by atoms with Gasteiger partial charge in [-0.25, -0.2) is 4.39 Å². The summed E-state index contributed by atoms with van der Waals surface area (Å²) in [4.78, 5) is 0. The van der Waals surface area contributed by atoms with Crippen molar-refractivity contribution < 1.29 is 4.39 Å².